The van der Waals surface area contributed by atoms with Gasteiger partial charge in [-0.1, -0.05) is 12.1 Å². The van der Waals surface area contributed by atoms with E-state index < -0.39 is 90.9 Å². The molecule has 4 rings (SSSR count). The molecule has 2 aromatic carbocycles. The third-order valence-electron chi connectivity index (χ3n) is 7.80. The van der Waals surface area contributed by atoms with Crippen molar-refractivity contribution in [2.75, 3.05) is 7.11 Å². The number of hydrogen-bond acceptors (Lipinski definition) is 6. The molecule has 208 valence electrons. The van der Waals surface area contributed by atoms with Crippen LogP contribution in [0.25, 0.3) is 11.1 Å². The second-order valence-electron chi connectivity index (χ2n) is 9.72. The molecule has 2 unspecified atom stereocenters. The molecular formula is C25H21F5N2O6S. The Morgan fingerprint density at radius 3 is 2.21 bits per heavy atom. The Morgan fingerprint density at radius 1 is 1.10 bits per heavy atom. The van der Waals surface area contributed by atoms with Gasteiger partial charge in [-0.2, -0.15) is 18.4 Å². The Morgan fingerprint density at radius 2 is 1.72 bits per heavy atom. The van der Waals surface area contributed by atoms with Crippen LogP contribution < -0.4 is 5.73 Å². The van der Waals surface area contributed by atoms with Crippen LogP contribution in [0.2, 0.25) is 0 Å². The number of halogens is 5. The molecule has 0 spiro atoms. The molecule has 0 radical (unpaired) electrons. The summed E-state index contributed by atoms with van der Waals surface area (Å²) in [6, 6.07) is 6.27. The molecule has 14 heteroatoms. The number of hydrogen-bond donors (Lipinski definition) is 2. The van der Waals surface area contributed by atoms with Crippen LogP contribution >= 0.6 is 0 Å². The highest BCUT2D eigenvalue weighted by atomic mass is 32.2. The van der Waals surface area contributed by atoms with Crippen molar-refractivity contribution in [2.24, 2.45) is 22.5 Å². The molecule has 2 saturated carbocycles. The van der Waals surface area contributed by atoms with E-state index in [-0.39, 0.29) is 17.5 Å². The normalized spacial score (nSPS) is 28.6. The molecule has 0 saturated heterocycles. The lowest BCUT2D eigenvalue weighted by Gasteiger charge is -2.31. The number of carbonyl (C=O) groups is 2. The van der Waals surface area contributed by atoms with Gasteiger partial charge in [-0.05, 0) is 54.7 Å². The Bertz CT molecular complexity index is 1520. The Labute approximate surface area is 219 Å². The van der Waals surface area contributed by atoms with Gasteiger partial charge in [-0.3, -0.25) is 9.59 Å². The van der Waals surface area contributed by atoms with Gasteiger partial charge in [0.2, 0.25) is 5.91 Å². The van der Waals surface area contributed by atoms with Crippen molar-refractivity contribution in [1.82, 2.24) is 0 Å². The average molecular weight is 573 g/mol. The molecule has 8 nitrogen and oxygen atoms in total. The molecule has 0 aromatic heterocycles. The zero-order chi connectivity index (χ0) is 29.1. The Balaban J connectivity index is 1.80. The van der Waals surface area contributed by atoms with E-state index in [2.05, 4.69) is 0 Å². The number of benzene rings is 2. The number of carbonyl (C=O) groups excluding carboxylic acids is 1. The monoisotopic (exact) mass is 572 g/mol. The minimum atomic E-state index is -5.20. The van der Waals surface area contributed by atoms with Crippen LogP contribution in [0.15, 0.2) is 41.3 Å². The molecule has 5 atom stereocenters. The molecular weight excluding hydrogens is 551 g/mol. The van der Waals surface area contributed by atoms with E-state index in [1.165, 1.54) is 0 Å². The van der Waals surface area contributed by atoms with Crippen molar-refractivity contribution in [2.45, 2.75) is 41.7 Å². The summed E-state index contributed by atoms with van der Waals surface area (Å²) < 4.78 is 102. The van der Waals surface area contributed by atoms with Crippen molar-refractivity contribution in [3.63, 3.8) is 0 Å². The lowest BCUT2D eigenvalue weighted by Crippen LogP contribution is -2.44. The summed E-state index contributed by atoms with van der Waals surface area (Å²) in [4.78, 5) is 23.3. The number of ether oxygens (including phenoxy) is 1. The standard InChI is InChI=1S/C25H21F5N2O6S/c1-38-20-8-14(9-24(20,22(34)35)19-10-23(19,11-31)21(32)33)39(36,37)18-5-3-12(6-15(18)25(28,29)30)13-2-4-16(26)17(27)7-13/h2-7,14,19-20H,8-10H2,1H3,(H2,32,33)(H,34,35)/t14-,19?,20+,23?,24+/m1/s1. The molecule has 0 heterocycles. The second kappa shape index (κ2) is 9.27. The van der Waals surface area contributed by atoms with E-state index in [9.17, 15) is 50.3 Å². The van der Waals surface area contributed by atoms with Crippen molar-refractivity contribution in [3.8, 4) is 17.2 Å². The van der Waals surface area contributed by atoms with Gasteiger partial charge < -0.3 is 15.6 Å². The quantitative estimate of drug-likeness (QED) is 0.481. The maximum absolute atomic E-state index is 14.1. The number of methoxy groups -OCH3 is 1. The minimum absolute atomic E-state index is 0.137. The van der Waals surface area contributed by atoms with Gasteiger partial charge in [-0.15, -0.1) is 0 Å². The molecule has 0 bridgehead atoms. The van der Waals surface area contributed by atoms with Gasteiger partial charge in [0.05, 0.1) is 27.9 Å². The van der Waals surface area contributed by atoms with Crippen molar-refractivity contribution in [3.05, 3.63) is 53.6 Å². The number of primary amides is 1. The SMILES string of the molecule is CO[C@H]1C[C@@H](S(=O)(=O)c2ccc(-c3ccc(F)c(F)c3)cc2C(F)(F)F)C[C@]1(C(=O)O)C1CC1(C#N)C(N)=O. The van der Waals surface area contributed by atoms with E-state index in [0.29, 0.717) is 24.3 Å². The van der Waals surface area contributed by atoms with E-state index in [4.69, 9.17) is 10.5 Å². The lowest BCUT2D eigenvalue weighted by molar-refractivity contribution is -0.159. The number of alkyl halides is 3. The number of sulfone groups is 1. The summed E-state index contributed by atoms with van der Waals surface area (Å²) in [6.07, 6.45) is -8.07. The largest absolute Gasteiger partial charge is 0.481 e. The van der Waals surface area contributed by atoms with Gasteiger partial charge in [0.15, 0.2) is 21.5 Å². The van der Waals surface area contributed by atoms with Crippen molar-refractivity contribution >= 4 is 21.7 Å². The van der Waals surface area contributed by atoms with E-state index in [1.54, 1.807) is 6.07 Å². The lowest BCUT2D eigenvalue weighted by atomic mass is 9.75. The summed E-state index contributed by atoms with van der Waals surface area (Å²) in [6.45, 7) is 0. The predicted molar refractivity (Wildman–Crippen MR) is 123 cm³/mol. The zero-order valence-corrected chi connectivity index (χ0v) is 20.9. The molecule has 2 fully saturated rings. The first-order valence-electron chi connectivity index (χ1n) is 11.4. The van der Waals surface area contributed by atoms with Crippen LogP contribution in [0.5, 0.6) is 0 Å². The van der Waals surface area contributed by atoms with E-state index >= 15 is 0 Å². The maximum Gasteiger partial charge on any atom is 0.417 e. The number of nitrogens with zero attached hydrogens (tertiary/aromatic N) is 1. The summed E-state index contributed by atoms with van der Waals surface area (Å²) in [5.74, 6) is -6.42. The average Bonchev–Trinajstić information content (AvgIpc) is 3.49. The number of carboxylic acid groups (broad SMARTS) is 1. The fraction of sp³-hybridized carbons (Fsp3) is 0.400. The fourth-order valence-corrected chi connectivity index (χ4v) is 7.72. The molecule has 0 aliphatic heterocycles. The third kappa shape index (κ3) is 4.33. The Kier molecular flexibility index (Phi) is 6.76. The van der Waals surface area contributed by atoms with Gasteiger partial charge in [0, 0.05) is 13.0 Å². The molecule has 2 aliphatic carbocycles. The van der Waals surface area contributed by atoms with E-state index in [1.807, 2.05) is 0 Å². The van der Waals surface area contributed by atoms with Crippen LogP contribution in [0.4, 0.5) is 22.0 Å². The number of nitrogens with two attached hydrogens (primary N) is 1. The van der Waals surface area contributed by atoms with Crippen molar-refractivity contribution in [1.29, 1.82) is 5.26 Å². The first kappa shape index (κ1) is 28.4. The highest BCUT2D eigenvalue weighted by Gasteiger charge is 2.75. The molecule has 1 amide bonds. The first-order chi connectivity index (χ1) is 18.1. The topological polar surface area (TPSA) is 148 Å². The summed E-state index contributed by atoms with van der Waals surface area (Å²) in [5.41, 5.74) is -0.593. The van der Waals surface area contributed by atoms with Crippen LogP contribution in [0.1, 0.15) is 24.8 Å². The smallest absolute Gasteiger partial charge is 0.417 e. The fourth-order valence-electron chi connectivity index (χ4n) is 5.69. The maximum atomic E-state index is 14.1. The molecule has 2 aromatic rings. The van der Waals surface area contributed by atoms with Crippen LogP contribution in [-0.2, 0) is 30.3 Å². The highest BCUT2D eigenvalue weighted by Crippen LogP contribution is 2.66. The van der Waals surface area contributed by atoms with Crippen LogP contribution in [0, 0.1) is 39.7 Å². The summed E-state index contributed by atoms with van der Waals surface area (Å²) >= 11 is 0. The van der Waals surface area contributed by atoms with Gasteiger partial charge in [-0.25, -0.2) is 17.2 Å². The van der Waals surface area contributed by atoms with Crippen LogP contribution in [0.3, 0.4) is 0 Å². The van der Waals surface area contributed by atoms with Gasteiger partial charge in [0.1, 0.15) is 10.8 Å². The van der Waals surface area contributed by atoms with Crippen molar-refractivity contribution < 1.29 is 49.8 Å². The van der Waals surface area contributed by atoms with Gasteiger partial charge in [0.25, 0.3) is 0 Å². The molecule has 2 aliphatic rings. The molecule has 3 N–H and O–H groups in total. The number of amides is 1. The highest BCUT2D eigenvalue weighted by molar-refractivity contribution is 7.92. The van der Waals surface area contributed by atoms with E-state index in [0.717, 1.165) is 19.2 Å². The zero-order valence-electron chi connectivity index (χ0n) is 20.1. The number of nitriles is 1. The number of carboxylic acids is 1. The Hall–Kier alpha value is -3.57. The predicted octanol–water partition coefficient (Wildman–Crippen LogP) is 3.69. The summed E-state index contributed by atoms with van der Waals surface area (Å²) in [5, 5.41) is 18.0. The van der Waals surface area contributed by atoms with Gasteiger partial charge >= 0.3 is 12.1 Å². The first-order valence-corrected chi connectivity index (χ1v) is 13.0. The van der Waals surface area contributed by atoms with Crippen LogP contribution in [-0.4, -0.2) is 43.9 Å². The second-order valence-corrected chi connectivity index (χ2v) is 11.9. The molecule has 39 heavy (non-hydrogen) atoms. The summed E-state index contributed by atoms with van der Waals surface area (Å²) in [7, 11) is -3.79. The minimum Gasteiger partial charge on any atom is -0.481 e. The number of rotatable bonds is 7. The number of aliphatic carboxylic acids is 1. The third-order valence-corrected chi connectivity index (χ3v) is 10.0.